The Kier molecular flexibility index (Phi) is 4.47. The largest absolute Gasteiger partial charge is 0.348 e. The van der Waals surface area contributed by atoms with Crippen molar-refractivity contribution >= 4 is 44.4 Å². The molecule has 1 aliphatic rings. The molecule has 92 valence electrons. The van der Waals surface area contributed by atoms with Gasteiger partial charge >= 0.3 is 0 Å². The van der Waals surface area contributed by atoms with Crippen molar-refractivity contribution in [3.8, 4) is 0 Å². The van der Waals surface area contributed by atoms with Gasteiger partial charge in [-0.3, -0.25) is 4.79 Å². The summed E-state index contributed by atoms with van der Waals surface area (Å²) in [5.41, 5.74) is 1.94. The lowest BCUT2D eigenvalue weighted by Gasteiger charge is -2.17. The SMILES string of the molecule is Cc1cccc(C(=O)NC2CCCC2Br)c1I. The van der Waals surface area contributed by atoms with E-state index in [0.29, 0.717) is 4.83 Å². The van der Waals surface area contributed by atoms with Crippen molar-refractivity contribution < 1.29 is 4.79 Å². The molecule has 1 aliphatic carbocycles. The van der Waals surface area contributed by atoms with E-state index in [0.717, 1.165) is 27.5 Å². The summed E-state index contributed by atoms with van der Waals surface area (Å²) < 4.78 is 1.05. The summed E-state index contributed by atoms with van der Waals surface area (Å²) in [6.45, 7) is 2.03. The molecule has 4 heteroatoms. The maximum absolute atomic E-state index is 12.2. The molecule has 1 aromatic rings. The molecule has 1 saturated carbocycles. The number of alkyl halides is 1. The van der Waals surface area contributed by atoms with Crippen LogP contribution in [0.25, 0.3) is 0 Å². The third-order valence-electron chi connectivity index (χ3n) is 3.18. The van der Waals surface area contributed by atoms with Gasteiger partial charge in [-0.25, -0.2) is 0 Å². The van der Waals surface area contributed by atoms with Gasteiger partial charge in [0.25, 0.3) is 5.91 Å². The van der Waals surface area contributed by atoms with Crippen LogP contribution in [-0.4, -0.2) is 16.8 Å². The van der Waals surface area contributed by atoms with E-state index in [9.17, 15) is 4.79 Å². The average molecular weight is 408 g/mol. The van der Waals surface area contributed by atoms with Gasteiger partial charge in [0, 0.05) is 14.4 Å². The van der Waals surface area contributed by atoms with Crippen molar-refractivity contribution in [3.05, 3.63) is 32.9 Å². The van der Waals surface area contributed by atoms with Crippen molar-refractivity contribution in [3.63, 3.8) is 0 Å². The van der Waals surface area contributed by atoms with Crippen LogP contribution in [0.4, 0.5) is 0 Å². The van der Waals surface area contributed by atoms with E-state index < -0.39 is 0 Å². The molecule has 1 N–H and O–H groups in total. The number of hydrogen-bond acceptors (Lipinski definition) is 1. The van der Waals surface area contributed by atoms with Crippen LogP contribution in [0.1, 0.15) is 35.2 Å². The summed E-state index contributed by atoms with van der Waals surface area (Å²) in [5.74, 6) is 0.0504. The lowest BCUT2D eigenvalue weighted by Crippen LogP contribution is -2.38. The Morgan fingerprint density at radius 2 is 2.24 bits per heavy atom. The molecule has 2 unspecified atom stereocenters. The molecule has 1 amide bonds. The molecule has 2 rings (SSSR count). The summed E-state index contributed by atoms with van der Waals surface area (Å²) in [6, 6.07) is 6.13. The number of carbonyl (C=O) groups is 1. The first kappa shape index (κ1) is 13.3. The highest BCUT2D eigenvalue weighted by molar-refractivity contribution is 14.1. The van der Waals surface area contributed by atoms with Gasteiger partial charge in [0.2, 0.25) is 0 Å². The van der Waals surface area contributed by atoms with Gasteiger partial charge in [-0.2, -0.15) is 0 Å². The van der Waals surface area contributed by atoms with Crippen LogP contribution in [-0.2, 0) is 0 Å². The Labute approximate surface area is 124 Å². The molecule has 1 aromatic carbocycles. The fourth-order valence-corrected chi connectivity index (χ4v) is 3.47. The molecule has 0 spiro atoms. The van der Waals surface area contributed by atoms with Crippen LogP contribution in [0.3, 0.4) is 0 Å². The second-order valence-corrected chi connectivity index (χ2v) is 6.72. The molecule has 0 radical (unpaired) electrons. The predicted octanol–water partition coefficient (Wildman–Crippen LogP) is 3.65. The van der Waals surface area contributed by atoms with Crippen molar-refractivity contribution in [1.29, 1.82) is 0 Å². The van der Waals surface area contributed by atoms with Crippen molar-refractivity contribution in [1.82, 2.24) is 5.32 Å². The topological polar surface area (TPSA) is 29.1 Å². The van der Waals surface area contributed by atoms with Gasteiger partial charge in [-0.05, 0) is 54.0 Å². The maximum atomic E-state index is 12.2. The molecule has 0 aliphatic heterocycles. The molecular weight excluding hydrogens is 393 g/mol. The molecule has 0 heterocycles. The second-order valence-electron chi connectivity index (χ2n) is 4.46. The predicted molar refractivity (Wildman–Crippen MR) is 81.7 cm³/mol. The van der Waals surface area contributed by atoms with E-state index in [-0.39, 0.29) is 11.9 Å². The first-order valence-corrected chi connectivity index (χ1v) is 7.79. The molecule has 2 nitrogen and oxygen atoms in total. The van der Waals surface area contributed by atoms with Crippen LogP contribution in [0.15, 0.2) is 18.2 Å². The number of amides is 1. The number of aryl methyl sites for hydroxylation is 1. The fraction of sp³-hybridized carbons (Fsp3) is 0.462. The Bertz CT molecular complexity index is 435. The summed E-state index contributed by atoms with van der Waals surface area (Å²) in [5, 5.41) is 3.12. The van der Waals surface area contributed by atoms with Gasteiger partial charge in [0.1, 0.15) is 0 Å². The normalized spacial score (nSPS) is 23.7. The van der Waals surface area contributed by atoms with Crippen LogP contribution in [0.5, 0.6) is 0 Å². The van der Waals surface area contributed by atoms with Crippen LogP contribution < -0.4 is 5.32 Å². The van der Waals surface area contributed by atoms with Gasteiger partial charge in [-0.1, -0.05) is 34.5 Å². The zero-order valence-corrected chi connectivity index (χ0v) is 13.4. The van der Waals surface area contributed by atoms with E-state index >= 15 is 0 Å². The lowest BCUT2D eigenvalue weighted by atomic mass is 10.1. The van der Waals surface area contributed by atoms with Crippen LogP contribution >= 0.6 is 38.5 Å². The third-order valence-corrected chi connectivity index (χ3v) is 5.71. The number of nitrogens with one attached hydrogen (secondary N) is 1. The minimum absolute atomic E-state index is 0.0504. The number of hydrogen-bond donors (Lipinski definition) is 1. The molecule has 1 fully saturated rings. The van der Waals surface area contributed by atoms with E-state index in [1.165, 1.54) is 6.42 Å². The Morgan fingerprint density at radius 1 is 1.47 bits per heavy atom. The number of rotatable bonds is 2. The first-order valence-electron chi connectivity index (χ1n) is 5.79. The fourth-order valence-electron chi connectivity index (χ4n) is 2.15. The zero-order valence-electron chi connectivity index (χ0n) is 9.67. The van der Waals surface area contributed by atoms with Crippen molar-refractivity contribution in [2.45, 2.75) is 37.1 Å². The first-order chi connectivity index (χ1) is 8.09. The van der Waals surface area contributed by atoms with Crippen molar-refractivity contribution in [2.24, 2.45) is 0 Å². The van der Waals surface area contributed by atoms with Gasteiger partial charge in [0.15, 0.2) is 0 Å². The molecule has 0 aromatic heterocycles. The number of halogens is 2. The Balaban J connectivity index is 2.12. The van der Waals surface area contributed by atoms with Gasteiger partial charge < -0.3 is 5.32 Å². The monoisotopic (exact) mass is 407 g/mol. The highest BCUT2D eigenvalue weighted by Crippen LogP contribution is 2.26. The summed E-state index contributed by atoms with van der Waals surface area (Å²) in [4.78, 5) is 12.6. The van der Waals surface area contributed by atoms with E-state index in [2.05, 4.69) is 43.8 Å². The zero-order chi connectivity index (χ0) is 12.4. The van der Waals surface area contributed by atoms with Gasteiger partial charge in [-0.15, -0.1) is 0 Å². The number of carbonyl (C=O) groups excluding carboxylic acids is 1. The van der Waals surface area contributed by atoms with Gasteiger partial charge in [0.05, 0.1) is 5.56 Å². The lowest BCUT2D eigenvalue weighted by molar-refractivity contribution is 0.0938. The highest BCUT2D eigenvalue weighted by atomic mass is 127. The highest BCUT2D eigenvalue weighted by Gasteiger charge is 2.27. The van der Waals surface area contributed by atoms with E-state index in [4.69, 9.17) is 0 Å². The average Bonchev–Trinajstić information content (AvgIpc) is 2.68. The molecule has 2 atom stereocenters. The Hall–Kier alpha value is -0.100. The summed E-state index contributed by atoms with van der Waals surface area (Å²) >= 11 is 5.86. The smallest absolute Gasteiger partial charge is 0.252 e. The molecule has 0 bridgehead atoms. The molecule has 17 heavy (non-hydrogen) atoms. The van der Waals surface area contributed by atoms with E-state index in [1.54, 1.807) is 0 Å². The summed E-state index contributed by atoms with van der Waals surface area (Å²) in [7, 11) is 0. The van der Waals surface area contributed by atoms with Crippen LogP contribution in [0, 0.1) is 10.5 Å². The van der Waals surface area contributed by atoms with E-state index in [1.807, 2.05) is 25.1 Å². The van der Waals surface area contributed by atoms with Crippen LogP contribution in [0.2, 0.25) is 0 Å². The minimum Gasteiger partial charge on any atom is -0.348 e. The van der Waals surface area contributed by atoms with Crippen molar-refractivity contribution in [2.75, 3.05) is 0 Å². The quantitative estimate of drug-likeness (QED) is 0.588. The minimum atomic E-state index is 0.0504. The second kappa shape index (κ2) is 5.69. The standard InChI is InChI=1S/C13H15BrINO/c1-8-4-2-5-9(12(8)15)13(17)16-11-7-3-6-10(11)14/h2,4-5,10-11H,3,6-7H2,1H3,(H,16,17). The third kappa shape index (κ3) is 3.02. The molecule has 0 saturated heterocycles. The number of benzene rings is 1. The maximum Gasteiger partial charge on any atom is 0.252 e. The summed E-state index contributed by atoms with van der Waals surface area (Å²) in [6.07, 6.45) is 3.41. The molecular formula is C13H15BrINO. The Morgan fingerprint density at radius 3 is 2.88 bits per heavy atom.